The van der Waals surface area contributed by atoms with Gasteiger partial charge < -0.3 is 14.5 Å². The minimum Gasteiger partial charge on any atom is -0.497 e. The first-order valence-corrected chi connectivity index (χ1v) is 13.7. The molecule has 6 heteroatoms. The number of methoxy groups -OCH3 is 1. The van der Waals surface area contributed by atoms with E-state index in [-0.39, 0.29) is 11.9 Å². The third kappa shape index (κ3) is 7.82. The first kappa shape index (κ1) is 26.7. The van der Waals surface area contributed by atoms with Crippen LogP contribution in [-0.4, -0.2) is 41.9 Å². The molecule has 202 valence electrons. The number of nitrogens with zero attached hydrogens (tertiary/aromatic N) is 2. The van der Waals surface area contributed by atoms with E-state index in [4.69, 9.17) is 9.15 Å². The molecule has 5 rings (SSSR count). The highest BCUT2D eigenvalue weighted by atomic mass is 16.5. The van der Waals surface area contributed by atoms with Crippen LogP contribution in [0.15, 0.2) is 101 Å². The molecule has 0 radical (unpaired) electrons. The summed E-state index contributed by atoms with van der Waals surface area (Å²) in [5, 5.41) is 3.19. The minimum atomic E-state index is -0.132. The first-order chi connectivity index (χ1) is 19.1. The van der Waals surface area contributed by atoms with Crippen molar-refractivity contribution < 1.29 is 13.9 Å². The van der Waals surface area contributed by atoms with E-state index < -0.39 is 0 Å². The molecule has 1 aliphatic rings. The number of likely N-dealkylation sites (tertiary alicyclic amines) is 1. The molecule has 2 heterocycles. The number of carbonyl (C=O) groups is 1. The maximum atomic E-state index is 13.0. The standard InChI is InChI=1S/C33H37N3O3/c1-38-30-14-12-28(13-15-30)24-36(23-27-10-6-3-7-11-27)25-31-16-17-32(39-31)33(37)34-29-18-20-35(21-19-29)22-26-8-4-2-5-9-26/h2-17,29H,18-25H2,1H3,(H,34,37). The van der Waals surface area contributed by atoms with Crippen molar-refractivity contribution in [3.05, 3.63) is 125 Å². The SMILES string of the molecule is COc1ccc(CN(Cc2ccccc2)Cc2ccc(C(=O)NC3CCN(Cc4ccccc4)CC3)o2)cc1. The normalized spacial score (nSPS) is 14.4. The zero-order chi connectivity index (χ0) is 26.9. The average molecular weight is 524 g/mol. The van der Waals surface area contributed by atoms with Gasteiger partial charge in [0.15, 0.2) is 5.76 Å². The van der Waals surface area contributed by atoms with E-state index in [0.29, 0.717) is 12.3 Å². The number of carbonyl (C=O) groups excluding carboxylic acids is 1. The smallest absolute Gasteiger partial charge is 0.287 e. The highest BCUT2D eigenvalue weighted by Gasteiger charge is 2.23. The van der Waals surface area contributed by atoms with Crippen LogP contribution in [0.1, 0.15) is 45.8 Å². The second-order valence-corrected chi connectivity index (χ2v) is 10.3. The summed E-state index contributed by atoms with van der Waals surface area (Å²) >= 11 is 0. The van der Waals surface area contributed by atoms with Crippen molar-refractivity contribution in [2.24, 2.45) is 0 Å². The van der Waals surface area contributed by atoms with E-state index in [9.17, 15) is 4.79 Å². The number of ether oxygens (including phenoxy) is 1. The Morgan fingerprint density at radius 1 is 0.821 bits per heavy atom. The highest BCUT2D eigenvalue weighted by molar-refractivity contribution is 5.91. The van der Waals surface area contributed by atoms with Gasteiger partial charge in [0.1, 0.15) is 11.5 Å². The van der Waals surface area contributed by atoms with Crippen LogP contribution in [0.2, 0.25) is 0 Å². The molecule has 1 aromatic heterocycles. The number of rotatable bonds is 11. The molecule has 1 N–H and O–H groups in total. The van der Waals surface area contributed by atoms with Gasteiger partial charge in [-0.05, 0) is 53.8 Å². The Kier molecular flexibility index (Phi) is 9.09. The van der Waals surface area contributed by atoms with Crippen molar-refractivity contribution in [1.29, 1.82) is 0 Å². The zero-order valence-electron chi connectivity index (χ0n) is 22.6. The van der Waals surface area contributed by atoms with Crippen LogP contribution in [0.4, 0.5) is 0 Å². The van der Waals surface area contributed by atoms with Crippen molar-refractivity contribution in [1.82, 2.24) is 15.1 Å². The van der Waals surface area contributed by atoms with Crippen molar-refractivity contribution in [2.75, 3.05) is 20.2 Å². The van der Waals surface area contributed by atoms with Gasteiger partial charge in [-0.1, -0.05) is 72.8 Å². The van der Waals surface area contributed by atoms with E-state index in [0.717, 1.165) is 57.1 Å². The van der Waals surface area contributed by atoms with Crippen LogP contribution in [0.3, 0.4) is 0 Å². The first-order valence-electron chi connectivity index (χ1n) is 13.7. The molecule has 0 aliphatic carbocycles. The number of nitrogens with one attached hydrogen (secondary N) is 1. The second kappa shape index (κ2) is 13.3. The van der Waals surface area contributed by atoms with E-state index in [1.54, 1.807) is 13.2 Å². The molecule has 1 saturated heterocycles. The van der Waals surface area contributed by atoms with Gasteiger partial charge in [0.25, 0.3) is 5.91 Å². The van der Waals surface area contributed by atoms with Crippen LogP contribution in [-0.2, 0) is 26.2 Å². The van der Waals surface area contributed by atoms with Crippen LogP contribution in [0.25, 0.3) is 0 Å². The Labute approximate surface area is 231 Å². The number of amides is 1. The molecule has 1 fully saturated rings. The summed E-state index contributed by atoms with van der Waals surface area (Å²) < 4.78 is 11.4. The van der Waals surface area contributed by atoms with Gasteiger partial charge in [0.2, 0.25) is 0 Å². The van der Waals surface area contributed by atoms with Crippen LogP contribution in [0, 0.1) is 0 Å². The van der Waals surface area contributed by atoms with E-state index in [1.165, 1.54) is 16.7 Å². The number of furan rings is 1. The average Bonchev–Trinajstić information content (AvgIpc) is 3.44. The maximum absolute atomic E-state index is 13.0. The molecule has 0 bridgehead atoms. The molecule has 0 atom stereocenters. The lowest BCUT2D eigenvalue weighted by atomic mass is 10.0. The van der Waals surface area contributed by atoms with Crippen LogP contribution < -0.4 is 10.1 Å². The molecule has 0 unspecified atom stereocenters. The lowest BCUT2D eigenvalue weighted by molar-refractivity contribution is 0.0876. The van der Waals surface area contributed by atoms with E-state index >= 15 is 0 Å². The monoisotopic (exact) mass is 523 g/mol. The van der Waals surface area contributed by atoms with E-state index in [1.807, 2.05) is 30.3 Å². The molecular weight excluding hydrogens is 486 g/mol. The maximum Gasteiger partial charge on any atom is 0.287 e. The molecule has 39 heavy (non-hydrogen) atoms. The Hall–Kier alpha value is -3.87. The van der Waals surface area contributed by atoms with Gasteiger partial charge in [0, 0.05) is 38.8 Å². The van der Waals surface area contributed by atoms with Gasteiger partial charge in [-0.15, -0.1) is 0 Å². The highest BCUT2D eigenvalue weighted by Crippen LogP contribution is 2.19. The molecular formula is C33H37N3O3. The molecule has 1 amide bonds. The van der Waals surface area contributed by atoms with Gasteiger partial charge in [-0.2, -0.15) is 0 Å². The fourth-order valence-electron chi connectivity index (χ4n) is 5.14. The number of hydrogen-bond acceptors (Lipinski definition) is 5. The second-order valence-electron chi connectivity index (χ2n) is 10.3. The van der Waals surface area contributed by atoms with Gasteiger partial charge in [-0.25, -0.2) is 0 Å². The molecule has 6 nitrogen and oxygen atoms in total. The predicted molar refractivity (Wildman–Crippen MR) is 153 cm³/mol. The quantitative estimate of drug-likeness (QED) is 0.266. The number of hydrogen-bond donors (Lipinski definition) is 1. The summed E-state index contributed by atoms with van der Waals surface area (Å²) in [4.78, 5) is 17.8. The van der Waals surface area contributed by atoms with E-state index in [2.05, 4.69) is 75.8 Å². The zero-order valence-corrected chi connectivity index (χ0v) is 22.6. The summed E-state index contributed by atoms with van der Waals surface area (Å²) in [6.45, 7) is 5.04. The van der Waals surface area contributed by atoms with Crippen LogP contribution in [0.5, 0.6) is 5.75 Å². The molecule has 3 aromatic carbocycles. The number of benzene rings is 3. The minimum absolute atomic E-state index is 0.132. The van der Waals surface area contributed by atoms with Crippen molar-refractivity contribution in [3.8, 4) is 5.75 Å². The fraction of sp³-hybridized carbons (Fsp3) is 0.303. The Bertz CT molecular complexity index is 1300. The largest absolute Gasteiger partial charge is 0.497 e. The summed E-state index contributed by atoms with van der Waals surface area (Å²) in [7, 11) is 1.68. The Morgan fingerprint density at radius 2 is 1.44 bits per heavy atom. The topological polar surface area (TPSA) is 58.0 Å². The third-order valence-corrected chi connectivity index (χ3v) is 7.25. The molecule has 1 aliphatic heterocycles. The van der Waals surface area contributed by atoms with Crippen LogP contribution >= 0.6 is 0 Å². The Morgan fingerprint density at radius 3 is 2.08 bits per heavy atom. The van der Waals surface area contributed by atoms with Gasteiger partial charge >= 0.3 is 0 Å². The molecule has 0 saturated carbocycles. The van der Waals surface area contributed by atoms with Crippen molar-refractivity contribution >= 4 is 5.91 Å². The Balaban J connectivity index is 1.16. The summed E-state index contributed by atoms with van der Waals surface area (Å²) in [5.74, 6) is 1.87. The lowest BCUT2D eigenvalue weighted by Crippen LogP contribution is -2.44. The van der Waals surface area contributed by atoms with Gasteiger partial charge in [-0.3, -0.25) is 14.6 Å². The summed E-state index contributed by atoms with van der Waals surface area (Å²) in [6.07, 6.45) is 1.89. The van der Waals surface area contributed by atoms with Gasteiger partial charge in [0.05, 0.1) is 13.7 Å². The summed E-state index contributed by atoms with van der Waals surface area (Å²) in [5.41, 5.74) is 3.75. The van der Waals surface area contributed by atoms with Crippen molar-refractivity contribution in [2.45, 2.75) is 45.1 Å². The number of piperidine rings is 1. The lowest BCUT2D eigenvalue weighted by Gasteiger charge is -2.32. The molecule has 0 spiro atoms. The molecule has 4 aromatic rings. The fourth-order valence-corrected chi connectivity index (χ4v) is 5.14. The summed E-state index contributed by atoms with van der Waals surface area (Å²) in [6, 6.07) is 33.0. The third-order valence-electron chi connectivity index (χ3n) is 7.25. The predicted octanol–water partition coefficient (Wildman–Crippen LogP) is 5.89. The van der Waals surface area contributed by atoms with Crippen molar-refractivity contribution in [3.63, 3.8) is 0 Å².